The molecule has 3 nitrogen and oxygen atoms in total. The molecule has 2 aromatic rings. The molecule has 1 atom stereocenters. The summed E-state index contributed by atoms with van der Waals surface area (Å²) in [5.74, 6) is 0.730. The van der Waals surface area contributed by atoms with Gasteiger partial charge in [-0.1, -0.05) is 76.2 Å². The highest BCUT2D eigenvalue weighted by Crippen LogP contribution is 2.32. The van der Waals surface area contributed by atoms with Crippen molar-refractivity contribution in [3.63, 3.8) is 0 Å². The molecule has 0 aliphatic heterocycles. The molecule has 0 saturated carbocycles. The van der Waals surface area contributed by atoms with E-state index in [0.29, 0.717) is 18.4 Å². The fraction of sp³-hybridized carbons (Fsp3) is 0.409. The maximum atomic E-state index is 12.5. The number of nitrogens with one attached hydrogen (secondary N) is 2. The smallest absolute Gasteiger partial charge is 0.238 e. The second kappa shape index (κ2) is 8.82. The van der Waals surface area contributed by atoms with E-state index in [-0.39, 0.29) is 11.9 Å². The first kappa shape index (κ1) is 19.2. The van der Waals surface area contributed by atoms with Gasteiger partial charge in [0, 0.05) is 11.7 Å². The summed E-state index contributed by atoms with van der Waals surface area (Å²) >= 11 is 0. The van der Waals surface area contributed by atoms with E-state index in [0.717, 1.165) is 5.69 Å². The molecule has 0 saturated heterocycles. The maximum absolute atomic E-state index is 12.5. The van der Waals surface area contributed by atoms with Gasteiger partial charge >= 0.3 is 0 Å². The van der Waals surface area contributed by atoms with E-state index < -0.39 is 0 Å². The van der Waals surface area contributed by atoms with Crippen LogP contribution in [0, 0.1) is 0 Å². The molecule has 0 aliphatic carbocycles. The zero-order valence-corrected chi connectivity index (χ0v) is 16.0. The molecule has 1 unspecified atom stereocenters. The van der Waals surface area contributed by atoms with E-state index in [2.05, 4.69) is 75.6 Å². The van der Waals surface area contributed by atoms with Crippen LogP contribution in [0.4, 0.5) is 5.69 Å². The Kier molecular flexibility index (Phi) is 6.77. The standard InChI is InChI=1S/C22H30N2O/c1-15(2)19-12-9-13-20(16(3)4)22(19)24-21(25)14-23-17(5)18-10-7-6-8-11-18/h6-13,15-17,23H,14H2,1-5H3,(H,24,25). The van der Waals surface area contributed by atoms with Crippen LogP contribution >= 0.6 is 0 Å². The third kappa shape index (κ3) is 5.17. The number of benzene rings is 2. The summed E-state index contributed by atoms with van der Waals surface area (Å²) < 4.78 is 0. The Bertz CT molecular complexity index is 666. The highest BCUT2D eigenvalue weighted by Gasteiger charge is 2.16. The van der Waals surface area contributed by atoms with Crippen molar-refractivity contribution in [2.75, 3.05) is 11.9 Å². The minimum Gasteiger partial charge on any atom is -0.324 e. The second-order valence-corrected chi connectivity index (χ2v) is 7.18. The topological polar surface area (TPSA) is 41.1 Å². The number of rotatable bonds is 7. The molecule has 3 heteroatoms. The van der Waals surface area contributed by atoms with Gasteiger partial charge in [-0.2, -0.15) is 0 Å². The van der Waals surface area contributed by atoms with E-state index in [4.69, 9.17) is 0 Å². The van der Waals surface area contributed by atoms with Gasteiger partial charge in [-0.05, 0) is 35.4 Å². The Morgan fingerprint density at radius 3 is 1.92 bits per heavy atom. The van der Waals surface area contributed by atoms with Crippen molar-refractivity contribution >= 4 is 11.6 Å². The Labute approximate surface area is 151 Å². The van der Waals surface area contributed by atoms with Crippen LogP contribution in [-0.2, 0) is 4.79 Å². The molecule has 0 fully saturated rings. The van der Waals surface area contributed by atoms with Gasteiger partial charge in [0.05, 0.1) is 6.54 Å². The first-order valence-corrected chi connectivity index (χ1v) is 9.11. The van der Waals surface area contributed by atoms with Crippen LogP contribution in [0.1, 0.15) is 69.2 Å². The van der Waals surface area contributed by atoms with Crippen molar-refractivity contribution in [1.29, 1.82) is 0 Å². The third-order valence-electron chi connectivity index (χ3n) is 4.51. The van der Waals surface area contributed by atoms with Crippen LogP contribution < -0.4 is 10.6 Å². The lowest BCUT2D eigenvalue weighted by Crippen LogP contribution is -2.30. The van der Waals surface area contributed by atoms with E-state index in [1.807, 2.05) is 18.2 Å². The van der Waals surface area contributed by atoms with Crippen LogP contribution in [-0.4, -0.2) is 12.5 Å². The van der Waals surface area contributed by atoms with E-state index in [9.17, 15) is 4.79 Å². The van der Waals surface area contributed by atoms with Crippen molar-refractivity contribution in [2.24, 2.45) is 0 Å². The Hall–Kier alpha value is -2.13. The van der Waals surface area contributed by atoms with Crippen molar-refractivity contribution in [3.05, 3.63) is 65.2 Å². The summed E-state index contributed by atoms with van der Waals surface area (Å²) in [5, 5.41) is 6.45. The van der Waals surface area contributed by atoms with Crippen molar-refractivity contribution in [1.82, 2.24) is 5.32 Å². The van der Waals surface area contributed by atoms with Gasteiger partial charge in [-0.15, -0.1) is 0 Å². The van der Waals surface area contributed by atoms with Crippen LogP contribution in [0.5, 0.6) is 0 Å². The predicted molar refractivity (Wildman–Crippen MR) is 106 cm³/mol. The Balaban J connectivity index is 2.07. The van der Waals surface area contributed by atoms with E-state index in [1.54, 1.807) is 0 Å². The van der Waals surface area contributed by atoms with Crippen LogP contribution in [0.15, 0.2) is 48.5 Å². The maximum Gasteiger partial charge on any atom is 0.238 e. The average Bonchev–Trinajstić information content (AvgIpc) is 2.60. The summed E-state index contributed by atoms with van der Waals surface area (Å²) in [6.07, 6.45) is 0. The molecule has 1 amide bonds. The predicted octanol–water partition coefficient (Wildman–Crippen LogP) is 5.22. The molecule has 0 radical (unpaired) electrons. The molecule has 134 valence electrons. The molecule has 0 bridgehead atoms. The van der Waals surface area contributed by atoms with Gasteiger partial charge in [-0.25, -0.2) is 0 Å². The molecule has 2 rings (SSSR count). The fourth-order valence-corrected chi connectivity index (χ4v) is 2.98. The number of amides is 1. The summed E-state index contributed by atoms with van der Waals surface area (Å²) in [6, 6.07) is 16.6. The lowest BCUT2D eigenvalue weighted by Gasteiger charge is -2.21. The van der Waals surface area contributed by atoms with Gasteiger partial charge in [0.25, 0.3) is 0 Å². The first-order chi connectivity index (χ1) is 11.9. The van der Waals surface area contributed by atoms with Crippen molar-refractivity contribution in [3.8, 4) is 0 Å². The fourth-order valence-electron chi connectivity index (χ4n) is 2.98. The van der Waals surface area contributed by atoms with Crippen molar-refractivity contribution < 1.29 is 4.79 Å². The molecule has 2 N–H and O–H groups in total. The van der Waals surface area contributed by atoms with Crippen molar-refractivity contribution in [2.45, 2.75) is 52.5 Å². The number of hydrogen-bond donors (Lipinski definition) is 2. The molecule has 0 heterocycles. The summed E-state index contributed by atoms with van der Waals surface area (Å²) in [5.41, 5.74) is 4.54. The number of hydrogen-bond acceptors (Lipinski definition) is 2. The lowest BCUT2D eigenvalue weighted by molar-refractivity contribution is -0.115. The van der Waals surface area contributed by atoms with Gasteiger partial charge in [-0.3, -0.25) is 4.79 Å². The Morgan fingerprint density at radius 2 is 1.40 bits per heavy atom. The van der Waals surface area contributed by atoms with E-state index in [1.165, 1.54) is 16.7 Å². The summed E-state index contributed by atoms with van der Waals surface area (Å²) in [6.45, 7) is 11.0. The highest BCUT2D eigenvalue weighted by atomic mass is 16.1. The van der Waals surface area contributed by atoms with Crippen LogP contribution in [0.25, 0.3) is 0 Å². The highest BCUT2D eigenvalue weighted by molar-refractivity contribution is 5.94. The third-order valence-corrected chi connectivity index (χ3v) is 4.51. The minimum atomic E-state index is -0.00205. The van der Waals surface area contributed by atoms with Gasteiger partial charge in [0.2, 0.25) is 5.91 Å². The monoisotopic (exact) mass is 338 g/mol. The first-order valence-electron chi connectivity index (χ1n) is 9.11. The number of para-hydroxylation sites is 1. The van der Waals surface area contributed by atoms with Crippen LogP contribution in [0.3, 0.4) is 0 Å². The zero-order chi connectivity index (χ0) is 18.4. The summed E-state index contributed by atoms with van der Waals surface area (Å²) in [7, 11) is 0. The quantitative estimate of drug-likeness (QED) is 0.726. The van der Waals surface area contributed by atoms with Gasteiger partial charge in [0.15, 0.2) is 0 Å². The number of carbonyl (C=O) groups is 1. The minimum absolute atomic E-state index is 0.00205. The van der Waals surface area contributed by atoms with Crippen LogP contribution in [0.2, 0.25) is 0 Å². The van der Waals surface area contributed by atoms with Gasteiger partial charge in [0.1, 0.15) is 0 Å². The lowest BCUT2D eigenvalue weighted by atomic mass is 9.92. The van der Waals surface area contributed by atoms with Gasteiger partial charge < -0.3 is 10.6 Å². The molecular formula is C22H30N2O. The number of anilines is 1. The SMILES string of the molecule is CC(C)c1cccc(C(C)C)c1NC(=O)CNC(C)c1ccccc1. The average molecular weight is 338 g/mol. The molecule has 0 aromatic heterocycles. The largest absolute Gasteiger partial charge is 0.324 e. The molecule has 2 aromatic carbocycles. The number of carbonyl (C=O) groups excluding carboxylic acids is 1. The molecular weight excluding hydrogens is 308 g/mol. The Morgan fingerprint density at radius 1 is 0.840 bits per heavy atom. The van der Waals surface area contributed by atoms with E-state index >= 15 is 0 Å². The second-order valence-electron chi connectivity index (χ2n) is 7.18. The normalized spacial score (nSPS) is 12.4. The molecule has 25 heavy (non-hydrogen) atoms. The molecule has 0 aliphatic rings. The summed E-state index contributed by atoms with van der Waals surface area (Å²) in [4.78, 5) is 12.5. The molecule has 0 spiro atoms. The zero-order valence-electron chi connectivity index (χ0n) is 16.0.